The third kappa shape index (κ3) is 4.61. The molecule has 0 radical (unpaired) electrons. The Morgan fingerprint density at radius 1 is 1.17 bits per heavy atom. The van der Waals surface area contributed by atoms with E-state index in [9.17, 15) is 13.2 Å². The van der Waals surface area contributed by atoms with Gasteiger partial charge in [-0.3, -0.25) is 9.29 Å². The zero-order chi connectivity index (χ0) is 18.0. The minimum absolute atomic E-state index is 0.0102. The molecule has 0 atom stereocenters. The monoisotopic (exact) mass is 350 g/mol. The van der Waals surface area contributed by atoms with Gasteiger partial charge in [0.1, 0.15) is 5.60 Å². The van der Waals surface area contributed by atoms with Gasteiger partial charge in [-0.2, -0.15) is 0 Å². The molecule has 1 N–H and O–H groups in total. The third-order valence-electron chi connectivity index (χ3n) is 3.17. The number of carbonyl (C=O) groups is 1. The first-order valence-electron chi connectivity index (χ1n) is 7.63. The van der Waals surface area contributed by atoms with Crippen molar-refractivity contribution in [1.29, 1.82) is 0 Å². The van der Waals surface area contributed by atoms with Gasteiger partial charge in [0, 0.05) is 11.9 Å². The van der Waals surface area contributed by atoms with Gasteiger partial charge >= 0.3 is 6.09 Å². The number of nitrogens with zero attached hydrogens (tertiary/aromatic N) is 1. The maximum Gasteiger partial charge on any atom is 0.418 e. The molecule has 1 heterocycles. The van der Waals surface area contributed by atoms with E-state index in [0.717, 1.165) is 5.56 Å². The van der Waals surface area contributed by atoms with Gasteiger partial charge in [0.2, 0.25) is 10.0 Å². The van der Waals surface area contributed by atoms with Crippen molar-refractivity contribution >= 4 is 21.8 Å². The van der Waals surface area contributed by atoms with Crippen molar-refractivity contribution in [2.75, 3.05) is 10.5 Å². The summed E-state index contributed by atoms with van der Waals surface area (Å²) in [4.78, 5) is 12.3. The van der Waals surface area contributed by atoms with Crippen LogP contribution in [0.1, 0.15) is 27.7 Å². The van der Waals surface area contributed by atoms with E-state index in [2.05, 4.69) is 4.72 Å². The van der Waals surface area contributed by atoms with Crippen molar-refractivity contribution in [3.63, 3.8) is 0 Å². The van der Waals surface area contributed by atoms with Gasteiger partial charge in [0.15, 0.2) is 0 Å². The average Bonchev–Trinajstić information content (AvgIpc) is 2.95. The molecule has 6 nitrogen and oxygen atoms in total. The molecule has 1 aromatic carbocycles. The van der Waals surface area contributed by atoms with Crippen molar-refractivity contribution in [3.05, 3.63) is 42.6 Å². The van der Waals surface area contributed by atoms with E-state index in [1.54, 1.807) is 49.5 Å². The molecule has 0 amide bonds. The van der Waals surface area contributed by atoms with Gasteiger partial charge in [-0.15, -0.1) is 0 Å². The summed E-state index contributed by atoms with van der Waals surface area (Å²) in [6.45, 7) is 7.00. The molecule has 0 aliphatic heterocycles. The number of hydrogen-bond acceptors (Lipinski definition) is 4. The first kappa shape index (κ1) is 18.1. The van der Waals surface area contributed by atoms with Crippen LogP contribution in [0.3, 0.4) is 0 Å². The zero-order valence-corrected chi connectivity index (χ0v) is 15.1. The largest absolute Gasteiger partial charge is 0.443 e. The van der Waals surface area contributed by atoms with Crippen molar-refractivity contribution in [1.82, 2.24) is 4.57 Å². The number of aromatic nitrogens is 1. The first-order chi connectivity index (χ1) is 11.1. The number of sulfonamides is 1. The molecule has 130 valence electrons. The van der Waals surface area contributed by atoms with Crippen LogP contribution in [0.15, 0.2) is 42.6 Å². The third-order valence-corrected chi connectivity index (χ3v) is 4.48. The number of rotatable bonds is 4. The summed E-state index contributed by atoms with van der Waals surface area (Å²) in [5.41, 5.74) is 1.36. The van der Waals surface area contributed by atoms with Crippen LogP contribution in [0.2, 0.25) is 0 Å². The molecular formula is C17H22N2O4S. The fraction of sp³-hybridized carbons (Fsp3) is 0.353. The standard InChI is InChI=1S/C17H22N2O4S/c1-5-24(21,22)18-14-10-8-13(9-11-14)15-7-6-12-19(15)16(20)23-17(2,3)4/h6-12,18H,5H2,1-4H3. The Balaban J connectivity index is 2.25. The molecule has 24 heavy (non-hydrogen) atoms. The highest BCUT2D eigenvalue weighted by Gasteiger charge is 2.19. The predicted molar refractivity (Wildman–Crippen MR) is 94.6 cm³/mol. The Morgan fingerprint density at radius 2 is 1.79 bits per heavy atom. The Hall–Kier alpha value is -2.28. The fourth-order valence-corrected chi connectivity index (χ4v) is 2.69. The van der Waals surface area contributed by atoms with Gasteiger partial charge < -0.3 is 4.74 Å². The quantitative estimate of drug-likeness (QED) is 0.912. The van der Waals surface area contributed by atoms with E-state index in [4.69, 9.17) is 4.74 Å². The van der Waals surface area contributed by atoms with Gasteiger partial charge in [-0.05, 0) is 57.5 Å². The van der Waals surface area contributed by atoms with Crippen molar-refractivity contribution in [2.45, 2.75) is 33.3 Å². The molecule has 0 fully saturated rings. The number of nitrogens with one attached hydrogen (secondary N) is 1. The van der Waals surface area contributed by atoms with Crippen LogP contribution in [-0.4, -0.2) is 30.4 Å². The molecule has 2 rings (SSSR count). The summed E-state index contributed by atoms with van der Waals surface area (Å²) < 4.78 is 32.5. The summed E-state index contributed by atoms with van der Waals surface area (Å²) in [6.07, 6.45) is 1.18. The second-order valence-corrected chi connectivity index (χ2v) is 8.34. The molecule has 0 saturated heterocycles. The van der Waals surface area contributed by atoms with Gasteiger partial charge in [-0.25, -0.2) is 13.2 Å². The van der Waals surface area contributed by atoms with Crippen molar-refractivity contribution in [3.8, 4) is 11.3 Å². The number of carbonyl (C=O) groups excluding carboxylic acids is 1. The van der Waals surface area contributed by atoms with E-state index in [1.165, 1.54) is 4.57 Å². The molecule has 0 unspecified atom stereocenters. The summed E-state index contributed by atoms with van der Waals surface area (Å²) in [5.74, 6) is 0.0102. The van der Waals surface area contributed by atoms with Crippen molar-refractivity contribution < 1.29 is 17.9 Å². The molecule has 0 saturated carbocycles. The highest BCUT2D eigenvalue weighted by atomic mass is 32.2. The number of anilines is 1. The average molecular weight is 350 g/mol. The highest BCUT2D eigenvalue weighted by Crippen LogP contribution is 2.23. The minimum Gasteiger partial charge on any atom is -0.443 e. The lowest BCUT2D eigenvalue weighted by molar-refractivity contribution is 0.0540. The molecular weight excluding hydrogens is 328 g/mol. The lowest BCUT2D eigenvalue weighted by Crippen LogP contribution is -2.27. The number of ether oxygens (including phenoxy) is 1. The SMILES string of the molecule is CCS(=O)(=O)Nc1ccc(-c2cccn2C(=O)OC(C)(C)C)cc1. The summed E-state index contributed by atoms with van der Waals surface area (Å²) in [5, 5.41) is 0. The maximum atomic E-state index is 12.3. The fourth-order valence-electron chi connectivity index (χ4n) is 2.05. The number of hydrogen-bond donors (Lipinski definition) is 1. The van der Waals surface area contributed by atoms with E-state index in [1.807, 2.05) is 20.8 Å². The van der Waals surface area contributed by atoms with Crippen LogP contribution in [0, 0.1) is 0 Å². The molecule has 2 aromatic rings. The molecule has 0 spiro atoms. The molecule has 0 aliphatic rings. The Bertz CT molecular complexity index is 815. The normalized spacial score (nSPS) is 12.0. The van der Waals surface area contributed by atoms with Gasteiger partial charge in [0.25, 0.3) is 0 Å². The van der Waals surface area contributed by atoms with Gasteiger partial charge in [0.05, 0.1) is 11.4 Å². The number of benzene rings is 1. The topological polar surface area (TPSA) is 77.4 Å². The van der Waals surface area contributed by atoms with E-state index in [0.29, 0.717) is 11.4 Å². The summed E-state index contributed by atoms with van der Waals surface area (Å²) in [6, 6.07) is 10.4. The minimum atomic E-state index is -3.31. The Labute approximate surface area is 142 Å². The summed E-state index contributed by atoms with van der Waals surface area (Å²) in [7, 11) is -3.31. The second-order valence-electron chi connectivity index (χ2n) is 6.33. The molecule has 1 aromatic heterocycles. The Morgan fingerprint density at radius 3 is 2.33 bits per heavy atom. The lowest BCUT2D eigenvalue weighted by atomic mass is 10.1. The molecule has 7 heteroatoms. The van der Waals surface area contributed by atoms with Crippen molar-refractivity contribution in [2.24, 2.45) is 0 Å². The zero-order valence-electron chi connectivity index (χ0n) is 14.2. The van der Waals surface area contributed by atoms with Crippen LogP contribution < -0.4 is 4.72 Å². The Kier molecular flexibility index (Phi) is 5.03. The first-order valence-corrected chi connectivity index (χ1v) is 9.28. The summed E-state index contributed by atoms with van der Waals surface area (Å²) >= 11 is 0. The van der Waals surface area contributed by atoms with Crippen LogP contribution in [-0.2, 0) is 14.8 Å². The molecule has 0 bridgehead atoms. The lowest BCUT2D eigenvalue weighted by Gasteiger charge is -2.20. The van der Waals surface area contributed by atoms with Crippen LogP contribution >= 0.6 is 0 Å². The van der Waals surface area contributed by atoms with Crippen LogP contribution in [0.4, 0.5) is 10.5 Å². The van der Waals surface area contributed by atoms with E-state index < -0.39 is 21.7 Å². The van der Waals surface area contributed by atoms with Crippen LogP contribution in [0.5, 0.6) is 0 Å². The smallest absolute Gasteiger partial charge is 0.418 e. The van der Waals surface area contributed by atoms with E-state index >= 15 is 0 Å². The molecule has 0 aliphatic carbocycles. The predicted octanol–water partition coefficient (Wildman–Crippen LogP) is 3.70. The van der Waals surface area contributed by atoms with Crippen LogP contribution in [0.25, 0.3) is 11.3 Å². The highest BCUT2D eigenvalue weighted by molar-refractivity contribution is 7.92. The van der Waals surface area contributed by atoms with Gasteiger partial charge in [-0.1, -0.05) is 12.1 Å². The van der Waals surface area contributed by atoms with E-state index in [-0.39, 0.29) is 5.75 Å². The second kappa shape index (κ2) is 6.68. The maximum absolute atomic E-state index is 12.3.